The molecule has 2 aliphatic heterocycles. The van der Waals surface area contributed by atoms with Crippen LogP contribution < -0.4 is 5.32 Å². The van der Waals surface area contributed by atoms with Crippen molar-refractivity contribution in [2.45, 2.75) is 25.3 Å². The molecule has 0 bridgehead atoms. The fourth-order valence-electron chi connectivity index (χ4n) is 2.85. The van der Waals surface area contributed by atoms with E-state index >= 15 is 0 Å². The van der Waals surface area contributed by atoms with Crippen molar-refractivity contribution in [1.29, 1.82) is 0 Å². The number of nitrogens with zero attached hydrogens (tertiary/aromatic N) is 1. The third-order valence-electron chi connectivity index (χ3n) is 4.00. The van der Waals surface area contributed by atoms with E-state index in [0.29, 0.717) is 12.5 Å². The summed E-state index contributed by atoms with van der Waals surface area (Å²) in [7, 11) is 2.18. The fraction of sp³-hybridized carbons (Fsp3) is 0.500. The highest BCUT2D eigenvalue weighted by atomic mass is 16.1. The number of rotatable bonds is 1. The maximum atomic E-state index is 11.5. The van der Waals surface area contributed by atoms with Gasteiger partial charge in [0.2, 0.25) is 0 Å². The second-order valence-corrected chi connectivity index (χ2v) is 5.18. The van der Waals surface area contributed by atoms with Gasteiger partial charge in [-0.2, -0.15) is 0 Å². The second kappa shape index (κ2) is 4.15. The van der Waals surface area contributed by atoms with Gasteiger partial charge in [-0.25, -0.2) is 0 Å². The van der Waals surface area contributed by atoms with Gasteiger partial charge in [0.15, 0.2) is 0 Å². The van der Waals surface area contributed by atoms with Gasteiger partial charge in [0, 0.05) is 12.1 Å². The van der Waals surface area contributed by atoms with E-state index in [1.54, 1.807) is 0 Å². The van der Waals surface area contributed by atoms with Crippen molar-refractivity contribution in [2.75, 3.05) is 20.1 Å². The molecule has 0 aromatic heterocycles. The van der Waals surface area contributed by atoms with E-state index in [0.717, 1.165) is 5.56 Å². The lowest BCUT2D eigenvalue weighted by atomic mass is 9.88. The number of hydrogen-bond donors (Lipinski definition) is 1. The molecule has 2 aliphatic rings. The Hall–Kier alpha value is -1.35. The summed E-state index contributed by atoms with van der Waals surface area (Å²) in [6.07, 6.45) is 2.47. The minimum absolute atomic E-state index is 0.0786. The van der Waals surface area contributed by atoms with Gasteiger partial charge >= 0.3 is 0 Å². The Balaban J connectivity index is 1.83. The molecular weight excluding hydrogens is 212 g/mol. The molecule has 0 spiro atoms. The average molecular weight is 230 g/mol. The number of nitrogens with one attached hydrogen (secondary N) is 1. The molecule has 2 heterocycles. The minimum atomic E-state index is 0.0786. The predicted octanol–water partition coefficient (Wildman–Crippen LogP) is 1.74. The molecule has 17 heavy (non-hydrogen) atoms. The Bertz CT molecular complexity index is 448. The van der Waals surface area contributed by atoms with Gasteiger partial charge in [-0.05, 0) is 56.1 Å². The van der Waals surface area contributed by atoms with Crippen LogP contribution in [0.2, 0.25) is 0 Å². The quantitative estimate of drug-likeness (QED) is 0.797. The van der Waals surface area contributed by atoms with Crippen LogP contribution in [-0.2, 0) is 6.54 Å². The van der Waals surface area contributed by atoms with Crippen LogP contribution in [0.4, 0.5) is 0 Å². The highest BCUT2D eigenvalue weighted by Gasteiger charge is 2.22. The minimum Gasteiger partial charge on any atom is -0.348 e. The Morgan fingerprint density at radius 3 is 2.82 bits per heavy atom. The number of hydrogen-bond acceptors (Lipinski definition) is 2. The van der Waals surface area contributed by atoms with Gasteiger partial charge in [0.05, 0.1) is 0 Å². The molecule has 3 heteroatoms. The molecule has 1 saturated heterocycles. The van der Waals surface area contributed by atoms with Crippen LogP contribution in [0.25, 0.3) is 0 Å². The smallest absolute Gasteiger partial charge is 0.251 e. The first-order valence-corrected chi connectivity index (χ1v) is 6.33. The number of fused-ring (bicyclic) bond motifs is 1. The van der Waals surface area contributed by atoms with Crippen molar-refractivity contribution in [3.05, 3.63) is 34.9 Å². The largest absolute Gasteiger partial charge is 0.348 e. The summed E-state index contributed by atoms with van der Waals surface area (Å²) in [6.45, 7) is 3.06. The molecule has 1 fully saturated rings. The molecule has 0 radical (unpaired) electrons. The van der Waals surface area contributed by atoms with E-state index in [2.05, 4.69) is 29.4 Å². The maximum absolute atomic E-state index is 11.5. The van der Waals surface area contributed by atoms with Gasteiger partial charge in [0.1, 0.15) is 0 Å². The van der Waals surface area contributed by atoms with Crippen molar-refractivity contribution in [3.63, 3.8) is 0 Å². The van der Waals surface area contributed by atoms with E-state index in [1.165, 1.54) is 37.1 Å². The first kappa shape index (κ1) is 10.8. The van der Waals surface area contributed by atoms with Crippen molar-refractivity contribution in [2.24, 2.45) is 0 Å². The number of piperidine rings is 1. The molecule has 0 saturated carbocycles. The van der Waals surface area contributed by atoms with Gasteiger partial charge in [-0.1, -0.05) is 12.1 Å². The normalized spacial score (nSPS) is 21.4. The summed E-state index contributed by atoms with van der Waals surface area (Å²) >= 11 is 0. The highest BCUT2D eigenvalue weighted by molar-refractivity contribution is 5.98. The summed E-state index contributed by atoms with van der Waals surface area (Å²) in [5.74, 6) is 0.752. The van der Waals surface area contributed by atoms with Crippen molar-refractivity contribution < 1.29 is 4.79 Å². The van der Waals surface area contributed by atoms with Crippen LogP contribution in [0.15, 0.2) is 18.2 Å². The number of carbonyl (C=O) groups excluding carboxylic acids is 1. The van der Waals surface area contributed by atoms with Gasteiger partial charge < -0.3 is 10.2 Å². The predicted molar refractivity (Wildman–Crippen MR) is 67.1 cm³/mol. The topological polar surface area (TPSA) is 32.3 Å². The SMILES string of the molecule is CN1CCC(c2ccc3c(c2)CNC3=O)CC1. The van der Waals surface area contributed by atoms with Crippen LogP contribution in [0.1, 0.15) is 40.2 Å². The maximum Gasteiger partial charge on any atom is 0.251 e. The molecule has 0 aliphatic carbocycles. The third kappa shape index (κ3) is 1.95. The summed E-state index contributed by atoms with van der Waals surface area (Å²) in [6, 6.07) is 6.36. The molecule has 3 rings (SSSR count). The second-order valence-electron chi connectivity index (χ2n) is 5.18. The van der Waals surface area contributed by atoms with Crippen molar-refractivity contribution in [1.82, 2.24) is 10.2 Å². The lowest BCUT2D eigenvalue weighted by Gasteiger charge is -2.29. The fourth-order valence-corrected chi connectivity index (χ4v) is 2.85. The highest BCUT2D eigenvalue weighted by Crippen LogP contribution is 2.29. The number of amides is 1. The molecule has 0 unspecified atom stereocenters. The zero-order valence-corrected chi connectivity index (χ0v) is 10.2. The van der Waals surface area contributed by atoms with Crippen LogP contribution in [-0.4, -0.2) is 30.9 Å². The first-order valence-electron chi connectivity index (χ1n) is 6.33. The first-order chi connectivity index (χ1) is 8.24. The third-order valence-corrected chi connectivity index (χ3v) is 4.00. The molecule has 1 N–H and O–H groups in total. The number of likely N-dealkylation sites (tertiary alicyclic amines) is 1. The van der Waals surface area contributed by atoms with Crippen LogP contribution in [0.5, 0.6) is 0 Å². The summed E-state index contributed by atoms with van der Waals surface area (Å²) in [4.78, 5) is 13.9. The molecule has 3 nitrogen and oxygen atoms in total. The summed E-state index contributed by atoms with van der Waals surface area (Å²) in [5.41, 5.74) is 3.45. The van der Waals surface area contributed by atoms with E-state index in [4.69, 9.17) is 0 Å². The van der Waals surface area contributed by atoms with Crippen molar-refractivity contribution in [3.8, 4) is 0 Å². The van der Waals surface area contributed by atoms with Gasteiger partial charge in [-0.3, -0.25) is 4.79 Å². The zero-order valence-electron chi connectivity index (χ0n) is 10.2. The Morgan fingerprint density at radius 2 is 2.06 bits per heavy atom. The molecule has 1 amide bonds. The van der Waals surface area contributed by atoms with Crippen molar-refractivity contribution >= 4 is 5.91 Å². The summed E-state index contributed by atoms with van der Waals surface area (Å²) < 4.78 is 0. The Morgan fingerprint density at radius 1 is 1.29 bits per heavy atom. The van der Waals surface area contributed by atoms with E-state index in [-0.39, 0.29) is 5.91 Å². The monoisotopic (exact) mass is 230 g/mol. The van der Waals surface area contributed by atoms with Crippen LogP contribution >= 0.6 is 0 Å². The standard InChI is InChI=1S/C14H18N2O/c1-16-6-4-10(5-7-16)11-2-3-13-12(8-11)9-15-14(13)17/h2-3,8,10H,4-7,9H2,1H3,(H,15,17). The molecule has 1 aromatic carbocycles. The lowest BCUT2D eigenvalue weighted by Crippen LogP contribution is -2.29. The molecular formula is C14H18N2O. The Kier molecular flexibility index (Phi) is 2.63. The van der Waals surface area contributed by atoms with Crippen LogP contribution in [0, 0.1) is 0 Å². The van der Waals surface area contributed by atoms with E-state index < -0.39 is 0 Å². The molecule has 90 valence electrons. The molecule has 0 atom stereocenters. The van der Waals surface area contributed by atoms with E-state index in [9.17, 15) is 4.79 Å². The van der Waals surface area contributed by atoms with E-state index in [1.807, 2.05) is 6.07 Å². The average Bonchev–Trinajstić information content (AvgIpc) is 2.72. The van der Waals surface area contributed by atoms with Gasteiger partial charge in [-0.15, -0.1) is 0 Å². The molecule has 1 aromatic rings. The number of carbonyl (C=O) groups is 1. The Labute approximate surface area is 102 Å². The zero-order chi connectivity index (χ0) is 11.8. The van der Waals surface area contributed by atoms with Crippen LogP contribution in [0.3, 0.4) is 0 Å². The van der Waals surface area contributed by atoms with Gasteiger partial charge in [0.25, 0.3) is 5.91 Å². The summed E-state index contributed by atoms with van der Waals surface area (Å²) in [5, 5.41) is 2.87. The lowest BCUT2D eigenvalue weighted by molar-refractivity contribution is 0.0966. The number of benzene rings is 1.